The van der Waals surface area contributed by atoms with Crippen molar-refractivity contribution >= 4 is 17.4 Å². The molecule has 0 aliphatic heterocycles. The van der Waals surface area contributed by atoms with Crippen LogP contribution in [0.3, 0.4) is 0 Å². The predicted molar refractivity (Wildman–Crippen MR) is 81.3 cm³/mol. The SMILES string of the molecule is O=C(CCCc1ccccc1)COc1ccc(Cl)cc1. The molecule has 2 rings (SSSR count). The summed E-state index contributed by atoms with van der Waals surface area (Å²) in [5.74, 6) is 0.793. The average Bonchev–Trinajstić information content (AvgIpc) is 2.48. The molecular weight excluding hydrogens is 272 g/mol. The third-order valence-electron chi connectivity index (χ3n) is 2.98. The van der Waals surface area contributed by atoms with Crippen molar-refractivity contribution in [2.45, 2.75) is 19.3 Å². The molecule has 0 aromatic heterocycles. The van der Waals surface area contributed by atoms with Crippen LogP contribution in [-0.2, 0) is 11.2 Å². The van der Waals surface area contributed by atoms with Crippen LogP contribution in [0, 0.1) is 0 Å². The lowest BCUT2D eigenvalue weighted by atomic mass is 10.1. The first-order valence-corrected chi connectivity index (χ1v) is 7.06. The Morgan fingerprint density at radius 2 is 1.70 bits per heavy atom. The second kappa shape index (κ2) is 7.71. The van der Waals surface area contributed by atoms with Gasteiger partial charge in [0.2, 0.25) is 0 Å². The Morgan fingerprint density at radius 3 is 2.40 bits per heavy atom. The standard InChI is InChI=1S/C17H17ClO2/c18-15-9-11-17(12-10-15)20-13-16(19)8-4-7-14-5-2-1-3-6-14/h1-3,5-6,9-12H,4,7-8,13H2. The number of ether oxygens (including phenoxy) is 1. The van der Waals surface area contributed by atoms with Gasteiger partial charge < -0.3 is 4.74 Å². The molecule has 0 aliphatic rings. The van der Waals surface area contributed by atoms with Gasteiger partial charge in [-0.05, 0) is 42.7 Å². The summed E-state index contributed by atoms with van der Waals surface area (Å²) < 4.78 is 5.42. The quantitative estimate of drug-likeness (QED) is 0.759. The highest BCUT2D eigenvalue weighted by Gasteiger charge is 2.03. The molecule has 0 spiro atoms. The molecule has 0 N–H and O–H groups in total. The molecule has 0 fully saturated rings. The third kappa shape index (κ3) is 5.06. The molecule has 0 bridgehead atoms. The maximum Gasteiger partial charge on any atom is 0.170 e. The van der Waals surface area contributed by atoms with E-state index in [1.807, 2.05) is 18.2 Å². The van der Waals surface area contributed by atoms with Crippen LogP contribution < -0.4 is 4.74 Å². The largest absolute Gasteiger partial charge is 0.486 e. The fourth-order valence-corrected chi connectivity index (χ4v) is 2.03. The van der Waals surface area contributed by atoms with Gasteiger partial charge in [-0.1, -0.05) is 41.9 Å². The number of benzene rings is 2. The molecule has 2 nitrogen and oxygen atoms in total. The first kappa shape index (κ1) is 14.6. The molecule has 20 heavy (non-hydrogen) atoms. The smallest absolute Gasteiger partial charge is 0.170 e. The number of hydrogen-bond acceptors (Lipinski definition) is 2. The second-order valence-electron chi connectivity index (χ2n) is 4.62. The van der Waals surface area contributed by atoms with Crippen molar-refractivity contribution in [2.24, 2.45) is 0 Å². The molecule has 2 aromatic carbocycles. The number of rotatable bonds is 7. The highest BCUT2D eigenvalue weighted by atomic mass is 35.5. The van der Waals surface area contributed by atoms with Crippen LogP contribution >= 0.6 is 11.6 Å². The van der Waals surface area contributed by atoms with Gasteiger partial charge in [0.05, 0.1) is 0 Å². The Morgan fingerprint density at radius 1 is 1.00 bits per heavy atom. The van der Waals surface area contributed by atoms with Gasteiger partial charge >= 0.3 is 0 Å². The molecule has 3 heteroatoms. The highest BCUT2D eigenvalue weighted by Crippen LogP contribution is 2.15. The first-order chi connectivity index (χ1) is 9.74. The van der Waals surface area contributed by atoms with Crippen LogP contribution in [0.25, 0.3) is 0 Å². The fourth-order valence-electron chi connectivity index (χ4n) is 1.90. The van der Waals surface area contributed by atoms with Crippen molar-refractivity contribution in [3.8, 4) is 5.75 Å². The van der Waals surface area contributed by atoms with Crippen LogP contribution in [0.2, 0.25) is 5.02 Å². The zero-order chi connectivity index (χ0) is 14.2. The molecule has 0 saturated carbocycles. The first-order valence-electron chi connectivity index (χ1n) is 6.68. The average molecular weight is 289 g/mol. The fraction of sp³-hybridized carbons (Fsp3) is 0.235. The van der Waals surface area contributed by atoms with E-state index in [0.717, 1.165) is 12.8 Å². The lowest BCUT2D eigenvalue weighted by molar-refractivity contribution is -0.121. The van der Waals surface area contributed by atoms with E-state index >= 15 is 0 Å². The topological polar surface area (TPSA) is 26.3 Å². The van der Waals surface area contributed by atoms with Crippen molar-refractivity contribution in [1.82, 2.24) is 0 Å². The number of ketones is 1. The van der Waals surface area contributed by atoms with Crippen molar-refractivity contribution in [3.63, 3.8) is 0 Å². The van der Waals surface area contributed by atoms with Gasteiger partial charge in [0.1, 0.15) is 12.4 Å². The minimum absolute atomic E-state index is 0.121. The second-order valence-corrected chi connectivity index (χ2v) is 5.06. The number of hydrogen-bond donors (Lipinski definition) is 0. The molecule has 0 atom stereocenters. The van der Waals surface area contributed by atoms with E-state index in [1.165, 1.54) is 5.56 Å². The van der Waals surface area contributed by atoms with Crippen LogP contribution in [0.5, 0.6) is 5.75 Å². The zero-order valence-corrected chi connectivity index (χ0v) is 12.0. The summed E-state index contributed by atoms with van der Waals surface area (Å²) in [7, 11) is 0. The molecule has 0 unspecified atom stereocenters. The number of halogens is 1. The number of carbonyl (C=O) groups excluding carboxylic acids is 1. The van der Waals surface area contributed by atoms with Crippen molar-refractivity contribution in [1.29, 1.82) is 0 Å². The van der Waals surface area contributed by atoms with E-state index in [1.54, 1.807) is 24.3 Å². The molecule has 0 aliphatic carbocycles. The highest BCUT2D eigenvalue weighted by molar-refractivity contribution is 6.30. The van der Waals surface area contributed by atoms with E-state index in [9.17, 15) is 4.79 Å². The molecule has 0 amide bonds. The van der Waals surface area contributed by atoms with E-state index in [-0.39, 0.29) is 12.4 Å². The molecule has 0 saturated heterocycles. The minimum atomic E-state index is 0.121. The molecular formula is C17H17ClO2. The summed E-state index contributed by atoms with van der Waals surface area (Å²) in [6.45, 7) is 0.121. The van der Waals surface area contributed by atoms with E-state index in [0.29, 0.717) is 17.2 Å². The summed E-state index contributed by atoms with van der Waals surface area (Å²) in [6, 6.07) is 17.2. The zero-order valence-electron chi connectivity index (χ0n) is 11.2. The molecule has 104 valence electrons. The van der Waals surface area contributed by atoms with E-state index in [4.69, 9.17) is 16.3 Å². The van der Waals surface area contributed by atoms with Gasteiger partial charge in [-0.15, -0.1) is 0 Å². The maximum absolute atomic E-state index is 11.7. The van der Waals surface area contributed by atoms with Gasteiger partial charge in [-0.25, -0.2) is 0 Å². The monoisotopic (exact) mass is 288 g/mol. The normalized spacial score (nSPS) is 10.2. The van der Waals surface area contributed by atoms with Crippen LogP contribution in [0.1, 0.15) is 18.4 Å². The lowest BCUT2D eigenvalue weighted by Gasteiger charge is -2.05. The third-order valence-corrected chi connectivity index (χ3v) is 3.23. The van der Waals surface area contributed by atoms with Gasteiger partial charge in [0.15, 0.2) is 5.78 Å². The minimum Gasteiger partial charge on any atom is -0.486 e. The Hall–Kier alpha value is -1.80. The summed E-state index contributed by atoms with van der Waals surface area (Å²) in [6.07, 6.45) is 2.32. The van der Waals surface area contributed by atoms with Gasteiger partial charge in [-0.2, -0.15) is 0 Å². The number of Topliss-reactive ketones (excluding diaryl/α,β-unsaturated/α-hetero) is 1. The van der Waals surface area contributed by atoms with Crippen LogP contribution in [-0.4, -0.2) is 12.4 Å². The van der Waals surface area contributed by atoms with Crippen LogP contribution in [0.4, 0.5) is 0 Å². The van der Waals surface area contributed by atoms with E-state index < -0.39 is 0 Å². The van der Waals surface area contributed by atoms with Gasteiger partial charge in [0.25, 0.3) is 0 Å². The van der Waals surface area contributed by atoms with Crippen LogP contribution in [0.15, 0.2) is 54.6 Å². The summed E-state index contributed by atoms with van der Waals surface area (Å²) in [5, 5.41) is 0.659. The Bertz CT molecular complexity index is 535. The van der Waals surface area contributed by atoms with Gasteiger partial charge in [-0.3, -0.25) is 4.79 Å². The summed E-state index contributed by atoms with van der Waals surface area (Å²) in [5.41, 5.74) is 1.26. The number of carbonyl (C=O) groups is 1. The van der Waals surface area contributed by atoms with Gasteiger partial charge in [0, 0.05) is 11.4 Å². The lowest BCUT2D eigenvalue weighted by Crippen LogP contribution is -2.11. The molecule has 0 radical (unpaired) electrons. The van der Waals surface area contributed by atoms with Crippen molar-refractivity contribution in [3.05, 3.63) is 65.2 Å². The predicted octanol–water partition coefficient (Wildman–Crippen LogP) is 4.31. The Labute approximate surface area is 124 Å². The molecule has 0 heterocycles. The number of aryl methyl sites for hydroxylation is 1. The summed E-state index contributed by atoms with van der Waals surface area (Å²) >= 11 is 5.78. The van der Waals surface area contributed by atoms with E-state index in [2.05, 4.69) is 12.1 Å². The Balaban J connectivity index is 1.67. The van der Waals surface area contributed by atoms with Crippen molar-refractivity contribution in [2.75, 3.05) is 6.61 Å². The Kier molecular flexibility index (Phi) is 5.63. The maximum atomic E-state index is 11.7. The summed E-state index contributed by atoms with van der Waals surface area (Å²) in [4.78, 5) is 11.7. The molecule has 2 aromatic rings. The van der Waals surface area contributed by atoms with Crippen molar-refractivity contribution < 1.29 is 9.53 Å².